The Morgan fingerprint density at radius 3 is 1.41 bits per heavy atom. The van der Waals surface area contributed by atoms with Gasteiger partial charge < -0.3 is 0 Å². The second-order valence-corrected chi connectivity index (χ2v) is 21.8. The molecule has 344 valence electrons. The van der Waals surface area contributed by atoms with Gasteiger partial charge in [0.15, 0.2) is 13.1 Å². The Morgan fingerprint density at radius 1 is 0.522 bits per heavy atom. The average molecular weight is 943 g/mol. The summed E-state index contributed by atoms with van der Waals surface area (Å²) in [6, 6.07) is 45.0. The normalized spacial score (nSPS) is 18.2. The Labute approximate surface area is 414 Å². The Morgan fingerprint density at radius 2 is 0.942 bits per heavy atom. The zero-order chi connectivity index (χ0) is 46.6. The molecule has 0 saturated heterocycles. The largest absolute Gasteiger partial charge is 0.281 e. The van der Waals surface area contributed by atoms with Gasteiger partial charge in [0.2, 0.25) is 11.0 Å². The van der Waals surface area contributed by atoms with Crippen LogP contribution in [0.3, 0.4) is 0 Å². The van der Waals surface area contributed by atoms with Crippen LogP contribution < -0.4 is 18.9 Å². The predicted molar refractivity (Wildman–Crippen MR) is 292 cm³/mol. The van der Waals surface area contributed by atoms with Crippen LogP contribution in [0, 0.1) is 0 Å². The van der Waals surface area contributed by atoms with Crippen molar-refractivity contribution in [2.45, 2.75) is 82.7 Å². The van der Waals surface area contributed by atoms with Gasteiger partial charge in [0, 0.05) is 82.0 Å². The third-order valence-corrected chi connectivity index (χ3v) is 17.7. The Balaban J connectivity index is 0.676. The number of rotatable bonds is 10. The molecule has 4 aliphatic heterocycles. The van der Waals surface area contributed by atoms with E-state index in [1.54, 1.807) is 0 Å². The first-order chi connectivity index (χ1) is 33.9. The molecular formula is C61H62N6S2+4. The van der Waals surface area contributed by atoms with E-state index in [0.29, 0.717) is 11.8 Å². The van der Waals surface area contributed by atoms with Crippen LogP contribution in [0.1, 0.15) is 90.8 Å². The van der Waals surface area contributed by atoms with Crippen LogP contribution in [-0.4, -0.2) is 49.0 Å². The Bertz CT molecular complexity index is 3280. The Hall–Kier alpha value is -6.48. The zero-order valence-electron chi connectivity index (χ0n) is 40.4. The van der Waals surface area contributed by atoms with Crippen LogP contribution in [0.15, 0.2) is 158 Å². The lowest BCUT2D eigenvalue weighted by atomic mass is 9.88. The molecule has 6 nitrogen and oxygen atoms in total. The molecule has 12 rings (SSSR count). The number of benzene rings is 6. The number of anilines is 2. The van der Waals surface area contributed by atoms with Crippen LogP contribution in [-0.2, 0) is 13.1 Å². The maximum atomic E-state index is 2.54. The SMILES string of the molecule is C[N+](C)=C(C=C1CC[n+]2c1sc1c3ccccc3ccc12)N1C=CC(CCCCCCCC2C=CN(C(C=C3CC[n+]4c3sc3c5ccccc5ccc34)=[N+](C)C)c3ccccc32)c2ccccc21. The summed E-state index contributed by atoms with van der Waals surface area (Å²) in [5.74, 6) is 3.29. The van der Waals surface area contributed by atoms with E-state index in [9.17, 15) is 0 Å². The number of hydrogen-bond donors (Lipinski definition) is 0. The maximum Gasteiger partial charge on any atom is 0.281 e. The summed E-state index contributed by atoms with van der Waals surface area (Å²) in [5.41, 5.74) is 11.1. The standard InChI is InChI=1S/C61H62N6S2/c1-62(2)56(40-46-34-38-66-54-30-28-42-20-10-12-24-50(42)58(54)68-60(46)66)64-36-32-44(48-22-14-16-26-52(48)64)18-8-6-5-7-9-19-45-33-37-65(53-27-17-15-23-49(45)53)57(63(3)4)41-47-35-39-67-55-31-29-43-21-11-13-25-51(43)59(55)69-61(47)67/h10-17,20-33,36-37,40-41,44-45H,5-9,18-19,34-35,38-39H2,1-4H3/q+4. The van der Waals surface area contributed by atoms with Crippen LogP contribution in [0.4, 0.5) is 11.4 Å². The first kappa shape index (κ1) is 43.8. The fourth-order valence-electron chi connectivity index (χ4n) is 11.6. The molecule has 0 spiro atoms. The van der Waals surface area contributed by atoms with Gasteiger partial charge in [0.25, 0.3) is 21.7 Å². The van der Waals surface area contributed by atoms with Crippen molar-refractivity contribution in [3.05, 3.63) is 179 Å². The molecular weight excluding hydrogens is 881 g/mol. The van der Waals surface area contributed by atoms with Gasteiger partial charge in [-0.1, -0.05) is 140 Å². The van der Waals surface area contributed by atoms with Crippen molar-refractivity contribution in [2.24, 2.45) is 0 Å². The summed E-state index contributed by atoms with van der Waals surface area (Å²) in [6.45, 7) is 2.06. The van der Waals surface area contributed by atoms with Crippen LogP contribution in [0.2, 0.25) is 0 Å². The first-order valence-electron chi connectivity index (χ1n) is 25.2. The molecule has 0 N–H and O–H groups in total. The number of hydrogen-bond acceptors (Lipinski definition) is 2. The third-order valence-electron chi connectivity index (χ3n) is 15.1. The monoisotopic (exact) mass is 942 g/mol. The number of para-hydroxylation sites is 2. The minimum Gasteiger partial charge on any atom is -0.267 e. The van der Waals surface area contributed by atoms with Crippen LogP contribution >= 0.6 is 22.7 Å². The van der Waals surface area contributed by atoms with Crippen LogP contribution in [0.25, 0.3) is 53.1 Å². The number of allylic oxidation sites excluding steroid dienone is 4. The highest BCUT2D eigenvalue weighted by Crippen LogP contribution is 2.42. The molecule has 2 aromatic heterocycles. The summed E-state index contributed by atoms with van der Waals surface area (Å²) in [7, 11) is 8.74. The van der Waals surface area contributed by atoms with Crippen molar-refractivity contribution in [2.75, 3.05) is 38.0 Å². The number of amidine groups is 2. The van der Waals surface area contributed by atoms with E-state index in [0.717, 1.165) is 25.9 Å². The molecule has 4 aliphatic rings. The van der Waals surface area contributed by atoms with Crippen molar-refractivity contribution in [1.82, 2.24) is 0 Å². The van der Waals surface area contributed by atoms with Gasteiger partial charge in [-0.25, -0.2) is 9.80 Å². The van der Waals surface area contributed by atoms with E-state index in [2.05, 4.69) is 214 Å². The summed E-state index contributed by atoms with van der Waals surface area (Å²) < 4.78 is 12.4. The highest BCUT2D eigenvalue weighted by atomic mass is 32.1. The second kappa shape index (κ2) is 18.4. The van der Waals surface area contributed by atoms with E-state index in [1.807, 2.05) is 22.7 Å². The lowest BCUT2D eigenvalue weighted by Crippen LogP contribution is -2.33. The summed E-state index contributed by atoms with van der Waals surface area (Å²) >= 11 is 3.91. The minimum absolute atomic E-state index is 0.434. The Kier molecular flexibility index (Phi) is 11.7. The summed E-state index contributed by atoms with van der Waals surface area (Å²) in [5, 5.41) is 8.12. The molecule has 0 fully saturated rings. The smallest absolute Gasteiger partial charge is 0.267 e. The molecule has 0 amide bonds. The van der Waals surface area contributed by atoms with Gasteiger partial charge in [-0.15, -0.1) is 0 Å². The number of aromatic nitrogens is 2. The highest BCUT2D eigenvalue weighted by molar-refractivity contribution is 7.20. The van der Waals surface area contributed by atoms with Gasteiger partial charge in [0.05, 0.1) is 40.6 Å². The minimum atomic E-state index is 0.434. The van der Waals surface area contributed by atoms with Crippen LogP contribution in [0.5, 0.6) is 0 Å². The van der Waals surface area contributed by atoms with Crippen molar-refractivity contribution in [3.63, 3.8) is 0 Å². The maximum absolute atomic E-state index is 2.54. The molecule has 0 saturated carbocycles. The number of nitrogens with zero attached hydrogens (tertiary/aromatic N) is 6. The van der Waals surface area contributed by atoms with E-state index < -0.39 is 0 Å². The molecule has 2 atom stereocenters. The van der Waals surface area contributed by atoms with Gasteiger partial charge in [-0.3, -0.25) is 9.15 Å². The first-order valence-corrected chi connectivity index (χ1v) is 26.8. The van der Waals surface area contributed by atoms with Gasteiger partial charge in [-0.05, 0) is 60.0 Å². The summed E-state index contributed by atoms with van der Waals surface area (Å²) in [6.07, 6.45) is 25.3. The van der Waals surface area contributed by atoms with Crippen molar-refractivity contribution < 1.29 is 18.3 Å². The average Bonchev–Trinajstić information content (AvgIpc) is 4.16. The molecule has 6 aromatic carbocycles. The topological polar surface area (TPSA) is 20.3 Å². The molecule has 2 unspecified atom stereocenters. The molecule has 0 aliphatic carbocycles. The molecule has 0 radical (unpaired) electrons. The number of aryl methyl sites for hydroxylation is 2. The van der Waals surface area contributed by atoms with Gasteiger partial charge >= 0.3 is 0 Å². The third kappa shape index (κ3) is 7.96. The number of unbranched alkanes of at least 4 members (excludes halogenated alkanes) is 4. The molecule has 8 heteroatoms. The lowest BCUT2D eigenvalue weighted by molar-refractivity contribution is -0.659. The van der Waals surface area contributed by atoms with Crippen molar-refractivity contribution >= 4 is 98.8 Å². The van der Waals surface area contributed by atoms with Gasteiger partial charge in [0.1, 0.15) is 20.8 Å². The summed E-state index contributed by atoms with van der Waals surface area (Å²) in [4.78, 5) is 4.85. The van der Waals surface area contributed by atoms with E-state index in [-0.39, 0.29) is 0 Å². The quantitative estimate of drug-likeness (QED) is 0.0589. The number of fused-ring (bicyclic) bond motifs is 12. The molecule has 8 aromatic rings. The molecule has 6 heterocycles. The number of thiazole rings is 2. The second-order valence-electron chi connectivity index (χ2n) is 19.8. The fraction of sp³-hybridized carbons (Fsp3) is 0.279. The fourth-order valence-corrected chi connectivity index (χ4v) is 14.3. The van der Waals surface area contributed by atoms with E-state index in [4.69, 9.17) is 0 Å². The highest BCUT2D eigenvalue weighted by Gasteiger charge is 2.37. The lowest BCUT2D eigenvalue weighted by Gasteiger charge is -2.26. The van der Waals surface area contributed by atoms with E-state index >= 15 is 0 Å². The molecule has 69 heavy (non-hydrogen) atoms. The van der Waals surface area contributed by atoms with Crippen molar-refractivity contribution in [1.29, 1.82) is 0 Å². The zero-order valence-corrected chi connectivity index (χ0v) is 42.1. The molecule has 0 bridgehead atoms. The predicted octanol–water partition coefficient (Wildman–Crippen LogP) is 13.6. The van der Waals surface area contributed by atoms with Gasteiger partial charge in [-0.2, -0.15) is 9.13 Å². The van der Waals surface area contributed by atoms with E-state index in [1.165, 1.54) is 142 Å². The van der Waals surface area contributed by atoms with Crippen molar-refractivity contribution in [3.8, 4) is 0 Å².